The fourth-order valence-corrected chi connectivity index (χ4v) is 3.39. The Labute approximate surface area is 156 Å². The summed E-state index contributed by atoms with van der Waals surface area (Å²) in [5.74, 6) is -0.0958. The van der Waals surface area contributed by atoms with E-state index in [1.165, 1.54) is 11.3 Å². The maximum atomic E-state index is 12.0. The fourth-order valence-electron chi connectivity index (χ4n) is 2.69. The van der Waals surface area contributed by atoms with Crippen molar-refractivity contribution in [2.45, 2.75) is 32.3 Å². The van der Waals surface area contributed by atoms with Crippen molar-refractivity contribution in [3.63, 3.8) is 0 Å². The number of urea groups is 1. The minimum absolute atomic E-state index is 0.0958. The molecule has 138 valence electrons. The Balaban J connectivity index is 1.44. The quantitative estimate of drug-likeness (QED) is 0.725. The number of nitrogens with one attached hydrogen (secondary N) is 3. The number of carbonyl (C=O) groups is 2. The summed E-state index contributed by atoms with van der Waals surface area (Å²) >= 11 is 1.29. The van der Waals surface area contributed by atoms with Gasteiger partial charge in [-0.2, -0.15) is 0 Å². The third-order valence-corrected chi connectivity index (χ3v) is 4.75. The first-order chi connectivity index (χ1) is 12.6. The number of ether oxygens (including phenoxy) is 1. The number of rotatable bonds is 6. The highest BCUT2D eigenvalue weighted by atomic mass is 32.1. The van der Waals surface area contributed by atoms with Gasteiger partial charge in [0.15, 0.2) is 5.13 Å². The van der Waals surface area contributed by atoms with E-state index in [1.54, 1.807) is 5.38 Å². The van der Waals surface area contributed by atoms with Crippen LogP contribution in [0.25, 0.3) is 0 Å². The molecule has 1 atom stereocenters. The second-order valence-corrected chi connectivity index (χ2v) is 7.07. The zero-order chi connectivity index (χ0) is 18.4. The van der Waals surface area contributed by atoms with Crippen molar-refractivity contribution in [3.8, 4) is 0 Å². The van der Waals surface area contributed by atoms with Gasteiger partial charge in [0.2, 0.25) is 5.91 Å². The summed E-state index contributed by atoms with van der Waals surface area (Å²) in [6.07, 6.45) is 2.34. The fraction of sp³-hybridized carbons (Fsp3) is 0.389. The van der Waals surface area contributed by atoms with Gasteiger partial charge in [-0.25, -0.2) is 9.78 Å². The number of thiazole rings is 1. The number of aryl methyl sites for hydroxylation is 1. The van der Waals surface area contributed by atoms with Crippen molar-refractivity contribution >= 4 is 34.1 Å². The average molecular weight is 374 g/mol. The third kappa shape index (κ3) is 5.53. The van der Waals surface area contributed by atoms with E-state index in [2.05, 4.69) is 20.9 Å². The van der Waals surface area contributed by atoms with E-state index in [1.807, 2.05) is 31.2 Å². The van der Waals surface area contributed by atoms with E-state index < -0.39 is 0 Å². The second kappa shape index (κ2) is 8.77. The van der Waals surface area contributed by atoms with Gasteiger partial charge < -0.3 is 15.4 Å². The van der Waals surface area contributed by atoms with E-state index in [-0.39, 0.29) is 24.5 Å². The molecule has 3 N–H and O–H groups in total. The molecule has 0 spiro atoms. The Kier molecular flexibility index (Phi) is 6.19. The Morgan fingerprint density at radius 3 is 3.00 bits per heavy atom. The van der Waals surface area contributed by atoms with Gasteiger partial charge in [0.25, 0.3) is 0 Å². The summed E-state index contributed by atoms with van der Waals surface area (Å²) in [5.41, 5.74) is 2.41. The SMILES string of the molecule is Cc1cccc(NC(=O)Nc2nc(CC(=O)NCC3CCCO3)cs2)c1. The van der Waals surface area contributed by atoms with Crippen LogP contribution >= 0.6 is 11.3 Å². The first-order valence-electron chi connectivity index (χ1n) is 8.56. The van der Waals surface area contributed by atoms with Crippen LogP contribution < -0.4 is 16.0 Å². The topological polar surface area (TPSA) is 92.4 Å². The lowest BCUT2D eigenvalue weighted by molar-refractivity contribution is -0.121. The Morgan fingerprint density at radius 1 is 1.35 bits per heavy atom. The van der Waals surface area contributed by atoms with Gasteiger partial charge in [-0.05, 0) is 37.5 Å². The van der Waals surface area contributed by atoms with Crippen LogP contribution in [0.2, 0.25) is 0 Å². The van der Waals surface area contributed by atoms with Crippen LogP contribution in [0, 0.1) is 6.92 Å². The summed E-state index contributed by atoms with van der Waals surface area (Å²) in [4.78, 5) is 28.3. The number of anilines is 2. The number of hydrogen-bond acceptors (Lipinski definition) is 5. The lowest BCUT2D eigenvalue weighted by atomic mass is 10.2. The third-order valence-electron chi connectivity index (χ3n) is 3.94. The highest BCUT2D eigenvalue weighted by Crippen LogP contribution is 2.17. The molecule has 1 aliphatic heterocycles. The van der Waals surface area contributed by atoms with E-state index in [0.717, 1.165) is 25.0 Å². The molecule has 1 aromatic heterocycles. The minimum atomic E-state index is -0.362. The second-order valence-electron chi connectivity index (χ2n) is 6.21. The number of carbonyl (C=O) groups excluding carboxylic acids is 2. The monoisotopic (exact) mass is 374 g/mol. The minimum Gasteiger partial charge on any atom is -0.376 e. The molecular weight excluding hydrogens is 352 g/mol. The first-order valence-corrected chi connectivity index (χ1v) is 9.44. The number of benzene rings is 1. The molecule has 1 unspecified atom stereocenters. The summed E-state index contributed by atoms with van der Waals surface area (Å²) in [5, 5.41) is 10.5. The molecule has 1 aliphatic rings. The van der Waals surface area contributed by atoms with Crippen LogP contribution in [-0.4, -0.2) is 36.2 Å². The Morgan fingerprint density at radius 2 is 2.23 bits per heavy atom. The van der Waals surface area contributed by atoms with Crippen molar-refractivity contribution in [1.29, 1.82) is 0 Å². The smallest absolute Gasteiger partial charge is 0.325 e. The summed E-state index contributed by atoms with van der Waals surface area (Å²) in [7, 11) is 0. The normalized spacial score (nSPS) is 16.3. The molecule has 3 amide bonds. The van der Waals surface area contributed by atoms with Gasteiger partial charge in [0, 0.05) is 24.2 Å². The molecule has 0 radical (unpaired) electrons. The van der Waals surface area contributed by atoms with Crippen molar-refractivity contribution in [2.24, 2.45) is 0 Å². The van der Waals surface area contributed by atoms with E-state index >= 15 is 0 Å². The van der Waals surface area contributed by atoms with Crippen LogP contribution in [0.5, 0.6) is 0 Å². The highest BCUT2D eigenvalue weighted by molar-refractivity contribution is 7.14. The lowest BCUT2D eigenvalue weighted by Gasteiger charge is -2.10. The summed E-state index contributed by atoms with van der Waals surface area (Å²) in [6.45, 7) is 3.26. The molecule has 0 bridgehead atoms. The zero-order valence-corrected chi connectivity index (χ0v) is 15.4. The van der Waals surface area contributed by atoms with Crippen molar-refractivity contribution in [1.82, 2.24) is 10.3 Å². The summed E-state index contributed by atoms with van der Waals surface area (Å²) in [6, 6.07) is 7.17. The molecular formula is C18H22N4O3S. The maximum Gasteiger partial charge on any atom is 0.325 e. The molecule has 1 fully saturated rings. The predicted octanol–water partition coefficient (Wildman–Crippen LogP) is 2.93. The summed E-state index contributed by atoms with van der Waals surface area (Å²) < 4.78 is 5.47. The number of nitrogens with zero attached hydrogens (tertiary/aromatic N) is 1. The first kappa shape index (κ1) is 18.3. The van der Waals surface area contributed by atoms with Crippen LogP contribution in [0.3, 0.4) is 0 Å². The molecule has 0 saturated carbocycles. The molecule has 3 rings (SSSR count). The Hall–Kier alpha value is -2.45. The van der Waals surface area contributed by atoms with Gasteiger partial charge in [0.1, 0.15) is 0 Å². The van der Waals surface area contributed by atoms with Crippen molar-refractivity contribution < 1.29 is 14.3 Å². The average Bonchev–Trinajstić information content (AvgIpc) is 3.25. The Bertz CT molecular complexity index is 771. The molecule has 2 heterocycles. The predicted molar refractivity (Wildman–Crippen MR) is 102 cm³/mol. The molecule has 8 heteroatoms. The van der Waals surface area contributed by atoms with Gasteiger partial charge in [-0.15, -0.1) is 11.3 Å². The highest BCUT2D eigenvalue weighted by Gasteiger charge is 2.17. The van der Waals surface area contributed by atoms with Gasteiger partial charge in [-0.3, -0.25) is 10.1 Å². The number of aromatic nitrogens is 1. The van der Waals surface area contributed by atoms with E-state index in [0.29, 0.717) is 23.1 Å². The van der Waals surface area contributed by atoms with E-state index in [9.17, 15) is 9.59 Å². The van der Waals surface area contributed by atoms with Crippen molar-refractivity contribution in [2.75, 3.05) is 23.8 Å². The van der Waals surface area contributed by atoms with Crippen LogP contribution in [0.4, 0.5) is 15.6 Å². The van der Waals surface area contributed by atoms with Crippen LogP contribution in [0.1, 0.15) is 24.1 Å². The molecule has 1 saturated heterocycles. The number of hydrogen-bond donors (Lipinski definition) is 3. The molecule has 2 aromatic rings. The maximum absolute atomic E-state index is 12.0. The molecule has 0 aliphatic carbocycles. The number of amides is 3. The molecule has 26 heavy (non-hydrogen) atoms. The van der Waals surface area contributed by atoms with E-state index in [4.69, 9.17) is 4.74 Å². The van der Waals surface area contributed by atoms with Gasteiger partial charge >= 0.3 is 6.03 Å². The molecule has 1 aromatic carbocycles. The lowest BCUT2D eigenvalue weighted by Crippen LogP contribution is -2.32. The van der Waals surface area contributed by atoms with Gasteiger partial charge in [-0.1, -0.05) is 12.1 Å². The van der Waals surface area contributed by atoms with Crippen molar-refractivity contribution in [3.05, 3.63) is 40.9 Å². The van der Waals surface area contributed by atoms with Gasteiger partial charge in [0.05, 0.1) is 18.2 Å². The molecule has 7 nitrogen and oxygen atoms in total. The van der Waals surface area contributed by atoms with Crippen LogP contribution in [0.15, 0.2) is 29.6 Å². The largest absolute Gasteiger partial charge is 0.376 e. The standard InChI is InChI=1S/C18H22N4O3S/c1-12-4-2-5-13(8-12)20-17(24)22-18-21-14(11-26-18)9-16(23)19-10-15-6-3-7-25-15/h2,4-5,8,11,15H,3,6-7,9-10H2,1H3,(H,19,23)(H2,20,21,22,24). The zero-order valence-electron chi connectivity index (χ0n) is 14.6. The van der Waals surface area contributed by atoms with Crippen LogP contribution in [-0.2, 0) is 16.0 Å².